The number of carbonyl (C=O) groups is 1. The van der Waals surface area contributed by atoms with E-state index in [4.69, 9.17) is 14.6 Å². The molecule has 0 radical (unpaired) electrons. The maximum Gasteiger partial charge on any atom is 0.371 e. The molecular weight excluding hydrogens is 292 g/mol. The molecule has 23 heavy (non-hydrogen) atoms. The van der Waals surface area contributed by atoms with E-state index in [-0.39, 0.29) is 5.76 Å². The summed E-state index contributed by atoms with van der Waals surface area (Å²) in [6, 6.07) is 15.5. The first-order chi connectivity index (χ1) is 11.1. The zero-order valence-corrected chi connectivity index (χ0v) is 13.3. The number of aliphatic carboxylic acids is 1. The molecule has 0 saturated carbocycles. The molecule has 0 saturated heterocycles. The van der Waals surface area contributed by atoms with E-state index in [9.17, 15) is 4.79 Å². The van der Waals surface area contributed by atoms with Gasteiger partial charge < -0.3 is 14.6 Å². The van der Waals surface area contributed by atoms with Crippen LogP contribution in [-0.4, -0.2) is 17.7 Å². The number of hydrogen-bond acceptors (Lipinski definition) is 3. The van der Waals surface area contributed by atoms with Gasteiger partial charge in [0.1, 0.15) is 12.4 Å². The summed E-state index contributed by atoms with van der Waals surface area (Å²) in [4.78, 5) is 11.1. The van der Waals surface area contributed by atoms with Crippen molar-refractivity contribution >= 4 is 12.0 Å². The van der Waals surface area contributed by atoms with Gasteiger partial charge in [-0.2, -0.15) is 0 Å². The van der Waals surface area contributed by atoms with Gasteiger partial charge in [0.05, 0.1) is 6.61 Å². The summed E-state index contributed by atoms with van der Waals surface area (Å²) in [7, 11) is 0. The SMILES string of the molecule is CCO/C(=C\c1ccc(OCc2ccccc2)c(C)c1)C(=O)O. The van der Waals surface area contributed by atoms with Gasteiger partial charge in [-0.1, -0.05) is 36.4 Å². The van der Waals surface area contributed by atoms with Gasteiger partial charge in [-0.3, -0.25) is 0 Å². The van der Waals surface area contributed by atoms with Gasteiger partial charge in [-0.05, 0) is 48.7 Å². The van der Waals surface area contributed by atoms with Gasteiger partial charge in [0.2, 0.25) is 5.76 Å². The van der Waals surface area contributed by atoms with E-state index in [0.717, 1.165) is 22.4 Å². The molecule has 0 aliphatic heterocycles. The van der Waals surface area contributed by atoms with Crippen LogP contribution in [0.2, 0.25) is 0 Å². The zero-order valence-electron chi connectivity index (χ0n) is 13.3. The maximum absolute atomic E-state index is 11.1. The van der Waals surface area contributed by atoms with E-state index in [1.807, 2.05) is 55.5 Å². The highest BCUT2D eigenvalue weighted by Gasteiger charge is 2.09. The lowest BCUT2D eigenvalue weighted by Gasteiger charge is -2.10. The molecule has 0 heterocycles. The minimum Gasteiger partial charge on any atom is -0.489 e. The summed E-state index contributed by atoms with van der Waals surface area (Å²) in [6.45, 7) is 4.49. The van der Waals surface area contributed by atoms with E-state index in [1.165, 1.54) is 6.08 Å². The number of carboxylic acids is 1. The topological polar surface area (TPSA) is 55.8 Å². The largest absolute Gasteiger partial charge is 0.489 e. The minimum atomic E-state index is -1.08. The third-order valence-electron chi connectivity index (χ3n) is 3.24. The number of aryl methyl sites for hydroxylation is 1. The number of hydrogen-bond donors (Lipinski definition) is 1. The fourth-order valence-corrected chi connectivity index (χ4v) is 2.13. The van der Waals surface area contributed by atoms with Crippen LogP contribution in [0.1, 0.15) is 23.6 Å². The normalized spacial score (nSPS) is 11.1. The average Bonchev–Trinajstić information content (AvgIpc) is 2.54. The van der Waals surface area contributed by atoms with Crippen molar-refractivity contribution < 1.29 is 19.4 Å². The van der Waals surface area contributed by atoms with Crippen molar-refractivity contribution in [2.75, 3.05) is 6.61 Å². The highest BCUT2D eigenvalue weighted by atomic mass is 16.5. The molecule has 120 valence electrons. The first-order valence-electron chi connectivity index (χ1n) is 7.45. The molecule has 2 rings (SSSR count). The molecule has 0 aliphatic carbocycles. The summed E-state index contributed by atoms with van der Waals surface area (Å²) < 4.78 is 10.9. The molecule has 4 nitrogen and oxygen atoms in total. The summed E-state index contributed by atoms with van der Waals surface area (Å²) in [5, 5.41) is 9.08. The summed E-state index contributed by atoms with van der Waals surface area (Å²) in [5.74, 6) is -0.363. The molecule has 4 heteroatoms. The molecule has 0 aliphatic rings. The Hall–Kier alpha value is -2.75. The van der Waals surface area contributed by atoms with Crippen LogP contribution in [0.25, 0.3) is 6.08 Å². The Morgan fingerprint density at radius 1 is 1.17 bits per heavy atom. The quantitative estimate of drug-likeness (QED) is 0.619. The summed E-state index contributed by atoms with van der Waals surface area (Å²) in [5.41, 5.74) is 2.80. The fourth-order valence-electron chi connectivity index (χ4n) is 2.13. The Morgan fingerprint density at radius 3 is 2.52 bits per heavy atom. The smallest absolute Gasteiger partial charge is 0.371 e. The second-order valence-corrected chi connectivity index (χ2v) is 5.05. The zero-order chi connectivity index (χ0) is 16.7. The van der Waals surface area contributed by atoms with Crippen molar-refractivity contribution in [1.82, 2.24) is 0 Å². The molecule has 0 spiro atoms. The van der Waals surface area contributed by atoms with E-state index in [2.05, 4.69) is 0 Å². The molecule has 2 aromatic rings. The third kappa shape index (κ3) is 4.88. The molecule has 0 unspecified atom stereocenters. The van der Waals surface area contributed by atoms with Crippen molar-refractivity contribution in [3.8, 4) is 5.75 Å². The van der Waals surface area contributed by atoms with Gasteiger partial charge in [0.25, 0.3) is 0 Å². The van der Waals surface area contributed by atoms with Crippen molar-refractivity contribution in [3.05, 3.63) is 71.0 Å². The van der Waals surface area contributed by atoms with Crippen LogP contribution in [0.4, 0.5) is 0 Å². The van der Waals surface area contributed by atoms with Gasteiger partial charge >= 0.3 is 5.97 Å². The fraction of sp³-hybridized carbons (Fsp3) is 0.211. The summed E-state index contributed by atoms with van der Waals surface area (Å²) >= 11 is 0. The number of rotatable bonds is 7. The van der Waals surface area contributed by atoms with Crippen molar-refractivity contribution in [2.45, 2.75) is 20.5 Å². The standard InChI is InChI=1S/C19H20O4/c1-3-22-18(19(20)21)12-16-9-10-17(14(2)11-16)23-13-15-7-5-4-6-8-15/h4-12H,3,13H2,1-2H3,(H,20,21)/b18-12-. The Kier molecular flexibility index (Phi) is 5.80. The van der Waals surface area contributed by atoms with E-state index >= 15 is 0 Å². The third-order valence-corrected chi connectivity index (χ3v) is 3.24. The lowest BCUT2D eigenvalue weighted by atomic mass is 10.1. The lowest BCUT2D eigenvalue weighted by Crippen LogP contribution is -2.04. The Bertz CT molecular complexity index is 690. The van der Waals surface area contributed by atoms with E-state index < -0.39 is 5.97 Å². The van der Waals surface area contributed by atoms with E-state index in [0.29, 0.717) is 13.2 Å². The molecular formula is C19H20O4. The monoisotopic (exact) mass is 312 g/mol. The number of benzene rings is 2. The molecule has 0 bridgehead atoms. The molecule has 0 amide bonds. The van der Waals surface area contributed by atoms with Crippen LogP contribution in [-0.2, 0) is 16.1 Å². The molecule has 1 N–H and O–H groups in total. The van der Waals surface area contributed by atoms with Crippen LogP contribution in [0.5, 0.6) is 5.75 Å². The molecule has 0 fully saturated rings. The maximum atomic E-state index is 11.1. The first-order valence-corrected chi connectivity index (χ1v) is 7.45. The Balaban J connectivity index is 2.11. The summed E-state index contributed by atoms with van der Waals surface area (Å²) in [6.07, 6.45) is 1.51. The predicted molar refractivity (Wildman–Crippen MR) is 89.2 cm³/mol. The predicted octanol–water partition coefficient (Wildman–Crippen LogP) is 4.04. The van der Waals surface area contributed by atoms with Crippen LogP contribution in [0.3, 0.4) is 0 Å². The van der Waals surface area contributed by atoms with Gasteiger partial charge in [-0.25, -0.2) is 4.79 Å². The second-order valence-electron chi connectivity index (χ2n) is 5.05. The lowest BCUT2D eigenvalue weighted by molar-refractivity contribution is -0.136. The number of carboxylic acid groups (broad SMARTS) is 1. The second kappa shape index (κ2) is 8.03. The van der Waals surface area contributed by atoms with Crippen LogP contribution in [0, 0.1) is 6.92 Å². The van der Waals surface area contributed by atoms with Crippen LogP contribution >= 0.6 is 0 Å². The van der Waals surface area contributed by atoms with Crippen LogP contribution in [0.15, 0.2) is 54.3 Å². The van der Waals surface area contributed by atoms with Crippen LogP contribution < -0.4 is 4.74 Å². The minimum absolute atomic E-state index is 0.0650. The van der Waals surface area contributed by atoms with E-state index in [1.54, 1.807) is 6.92 Å². The highest BCUT2D eigenvalue weighted by molar-refractivity contribution is 5.89. The molecule has 2 aromatic carbocycles. The molecule has 0 aromatic heterocycles. The van der Waals surface area contributed by atoms with Crippen molar-refractivity contribution in [3.63, 3.8) is 0 Å². The number of ether oxygens (including phenoxy) is 2. The Labute approximate surface area is 136 Å². The van der Waals surface area contributed by atoms with Gasteiger partial charge in [0, 0.05) is 0 Å². The first kappa shape index (κ1) is 16.6. The van der Waals surface area contributed by atoms with Gasteiger partial charge in [0.15, 0.2) is 0 Å². The highest BCUT2D eigenvalue weighted by Crippen LogP contribution is 2.22. The van der Waals surface area contributed by atoms with Gasteiger partial charge in [-0.15, -0.1) is 0 Å². The average molecular weight is 312 g/mol. The van der Waals surface area contributed by atoms with Crippen molar-refractivity contribution in [1.29, 1.82) is 0 Å². The van der Waals surface area contributed by atoms with Crippen molar-refractivity contribution in [2.24, 2.45) is 0 Å². The molecule has 0 atom stereocenters. The Morgan fingerprint density at radius 2 is 1.91 bits per heavy atom.